The zero-order valence-electron chi connectivity index (χ0n) is 14.9. The quantitative estimate of drug-likeness (QED) is 0.763. The molecule has 2 amide bonds. The Labute approximate surface area is 156 Å². The lowest BCUT2D eigenvalue weighted by Crippen LogP contribution is -2.44. The van der Waals surface area contributed by atoms with Crippen LogP contribution in [0.2, 0.25) is 0 Å². The first-order valence-electron chi connectivity index (χ1n) is 8.78. The van der Waals surface area contributed by atoms with Crippen LogP contribution in [-0.4, -0.2) is 45.2 Å². The number of rotatable bonds is 4. The third-order valence-electron chi connectivity index (χ3n) is 4.86. The van der Waals surface area contributed by atoms with Gasteiger partial charge < -0.3 is 15.4 Å². The molecule has 7 heteroatoms. The molecule has 0 spiro atoms. The highest BCUT2D eigenvalue weighted by Crippen LogP contribution is 2.26. The maximum absolute atomic E-state index is 13.2. The molecule has 1 aliphatic heterocycles. The average molecular weight is 364 g/mol. The van der Waals surface area contributed by atoms with Gasteiger partial charge in [0.05, 0.1) is 12.1 Å². The number of fused-ring (bicyclic) bond motifs is 1. The van der Waals surface area contributed by atoms with Gasteiger partial charge in [-0.1, -0.05) is 36.4 Å². The van der Waals surface area contributed by atoms with Crippen molar-refractivity contribution in [2.45, 2.75) is 18.6 Å². The number of primary amides is 1. The number of likely N-dealkylation sites (tertiary alicyclic amines) is 1. The Morgan fingerprint density at radius 2 is 1.81 bits per heavy atom. The minimum absolute atomic E-state index is 0.284. The summed E-state index contributed by atoms with van der Waals surface area (Å²) < 4.78 is 7.60. The van der Waals surface area contributed by atoms with Crippen LogP contribution in [0.4, 0.5) is 0 Å². The van der Waals surface area contributed by atoms with E-state index in [1.165, 1.54) is 4.90 Å². The second-order valence-electron chi connectivity index (χ2n) is 6.65. The van der Waals surface area contributed by atoms with E-state index >= 15 is 0 Å². The van der Waals surface area contributed by atoms with Crippen LogP contribution in [0.3, 0.4) is 0 Å². The smallest absolute Gasteiger partial charge is 0.275 e. The molecule has 3 aromatic rings. The molecule has 1 aromatic heterocycles. The number of aromatic nitrogens is 2. The van der Waals surface area contributed by atoms with Gasteiger partial charge in [0, 0.05) is 18.9 Å². The number of nitrogens with zero attached hydrogens (tertiary/aromatic N) is 3. The van der Waals surface area contributed by atoms with E-state index in [1.54, 1.807) is 11.7 Å². The second-order valence-corrected chi connectivity index (χ2v) is 6.65. The fourth-order valence-electron chi connectivity index (χ4n) is 3.58. The van der Waals surface area contributed by atoms with Crippen molar-refractivity contribution in [2.75, 3.05) is 6.54 Å². The summed E-state index contributed by atoms with van der Waals surface area (Å²) >= 11 is 0. The molecule has 4 rings (SSSR count). The van der Waals surface area contributed by atoms with Crippen LogP contribution in [0.1, 0.15) is 16.9 Å². The van der Waals surface area contributed by atoms with E-state index in [0.717, 1.165) is 10.9 Å². The number of nitrogens with two attached hydrogens (primary N) is 1. The highest BCUT2D eigenvalue weighted by molar-refractivity contribution is 6.06. The molecule has 2 heterocycles. The number of hydrogen-bond acceptors (Lipinski definition) is 4. The van der Waals surface area contributed by atoms with Gasteiger partial charge in [0.15, 0.2) is 5.69 Å². The predicted octanol–water partition coefficient (Wildman–Crippen LogP) is 1.72. The third kappa shape index (κ3) is 3.12. The Kier molecular flexibility index (Phi) is 4.27. The normalized spacial score (nSPS) is 19.4. The molecule has 2 N–H and O–H groups in total. The summed E-state index contributed by atoms with van der Waals surface area (Å²) in [5.74, 6) is -0.152. The summed E-state index contributed by atoms with van der Waals surface area (Å²) in [7, 11) is 1.79. The minimum atomic E-state index is -0.716. The molecule has 0 radical (unpaired) electrons. The van der Waals surface area contributed by atoms with E-state index in [2.05, 4.69) is 5.10 Å². The van der Waals surface area contributed by atoms with E-state index < -0.39 is 11.9 Å². The molecule has 0 unspecified atom stereocenters. The van der Waals surface area contributed by atoms with Crippen LogP contribution < -0.4 is 10.5 Å². The molecule has 0 saturated carbocycles. The molecule has 1 saturated heterocycles. The first kappa shape index (κ1) is 17.1. The molecule has 1 aliphatic rings. The summed E-state index contributed by atoms with van der Waals surface area (Å²) in [6, 6.07) is 16.1. The fourth-order valence-corrected chi connectivity index (χ4v) is 3.58. The van der Waals surface area contributed by atoms with Crippen LogP contribution in [0.5, 0.6) is 5.75 Å². The average Bonchev–Trinajstić information content (AvgIpc) is 3.24. The number of aryl methyl sites for hydroxylation is 1. The summed E-state index contributed by atoms with van der Waals surface area (Å²) in [4.78, 5) is 26.6. The summed E-state index contributed by atoms with van der Waals surface area (Å²) in [5.41, 5.74) is 6.74. The zero-order valence-corrected chi connectivity index (χ0v) is 14.9. The van der Waals surface area contributed by atoms with Crippen molar-refractivity contribution in [3.05, 3.63) is 60.3 Å². The SMILES string of the molecule is Cn1nc(C(=O)N2C[C@@H](Oc3ccccc3)C[C@H]2C(N)=O)c2ccccc21. The number of carbonyl (C=O) groups excluding carboxylic acids is 2. The topological polar surface area (TPSA) is 90.4 Å². The van der Waals surface area contributed by atoms with E-state index in [0.29, 0.717) is 17.9 Å². The van der Waals surface area contributed by atoms with Gasteiger partial charge in [-0.05, 0) is 18.2 Å². The Balaban J connectivity index is 1.62. The molecule has 27 heavy (non-hydrogen) atoms. The van der Waals surface area contributed by atoms with Crippen molar-refractivity contribution >= 4 is 22.7 Å². The van der Waals surface area contributed by atoms with Gasteiger partial charge in [-0.25, -0.2) is 0 Å². The van der Waals surface area contributed by atoms with E-state index in [4.69, 9.17) is 10.5 Å². The van der Waals surface area contributed by atoms with Gasteiger partial charge in [-0.2, -0.15) is 5.10 Å². The van der Waals surface area contributed by atoms with Crippen LogP contribution in [0, 0.1) is 0 Å². The highest BCUT2D eigenvalue weighted by atomic mass is 16.5. The van der Waals surface area contributed by atoms with Crippen molar-refractivity contribution in [1.29, 1.82) is 0 Å². The Hall–Kier alpha value is -3.35. The number of benzene rings is 2. The summed E-state index contributed by atoms with van der Waals surface area (Å²) in [5, 5.41) is 5.12. The standard InChI is InChI=1S/C20H20N4O3/c1-23-16-10-6-5-9-15(16)18(22-23)20(26)24-12-14(11-17(24)19(21)25)27-13-7-3-2-4-8-13/h2-10,14,17H,11-12H2,1H3,(H2,21,25)/t14-,17-/m0/s1. The monoisotopic (exact) mass is 364 g/mol. The van der Waals surface area contributed by atoms with Gasteiger partial charge in [0.25, 0.3) is 5.91 Å². The molecule has 2 atom stereocenters. The number of amides is 2. The van der Waals surface area contributed by atoms with Crippen LogP contribution in [0.25, 0.3) is 10.9 Å². The van der Waals surface area contributed by atoms with Gasteiger partial charge >= 0.3 is 0 Å². The number of ether oxygens (including phenoxy) is 1. The molecule has 0 aliphatic carbocycles. The van der Waals surface area contributed by atoms with Crippen molar-refractivity contribution in [3.8, 4) is 5.75 Å². The first-order valence-corrected chi connectivity index (χ1v) is 8.78. The van der Waals surface area contributed by atoms with Crippen molar-refractivity contribution in [1.82, 2.24) is 14.7 Å². The van der Waals surface area contributed by atoms with E-state index in [-0.39, 0.29) is 18.6 Å². The zero-order chi connectivity index (χ0) is 19.0. The Morgan fingerprint density at radius 1 is 1.11 bits per heavy atom. The minimum Gasteiger partial charge on any atom is -0.488 e. The van der Waals surface area contributed by atoms with Crippen LogP contribution in [-0.2, 0) is 11.8 Å². The van der Waals surface area contributed by atoms with Crippen molar-refractivity contribution in [3.63, 3.8) is 0 Å². The Bertz CT molecular complexity index is 999. The summed E-state index contributed by atoms with van der Waals surface area (Å²) in [6.45, 7) is 0.284. The van der Waals surface area contributed by atoms with Gasteiger partial charge in [-0.15, -0.1) is 0 Å². The van der Waals surface area contributed by atoms with Gasteiger partial charge in [-0.3, -0.25) is 14.3 Å². The molecule has 138 valence electrons. The van der Waals surface area contributed by atoms with Crippen LogP contribution >= 0.6 is 0 Å². The number of hydrogen-bond donors (Lipinski definition) is 1. The number of carbonyl (C=O) groups is 2. The van der Waals surface area contributed by atoms with Crippen LogP contribution in [0.15, 0.2) is 54.6 Å². The first-order chi connectivity index (χ1) is 13.0. The van der Waals surface area contributed by atoms with Crippen molar-refractivity contribution in [2.24, 2.45) is 12.8 Å². The number of para-hydroxylation sites is 2. The third-order valence-corrected chi connectivity index (χ3v) is 4.86. The highest BCUT2D eigenvalue weighted by Gasteiger charge is 2.41. The lowest BCUT2D eigenvalue weighted by atomic mass is 10.1. The van der Waals surface area contributed by atoms with Crippen molar-refractivity contribution < 1.29 is 14.3 Å². The Morgan fingerprint density at radius 3 is 2.56 bits per heavy atom. The molecule has 0 bridgehead atoms. The largest absolute Gasteiger partial charge is 0.488 e. The lowest BCUT2D eigenvalue weighted by molar-refractivity contribution is -0.121. The molecule has 7 nitrogen and oxygen atoms in total. The lowest BCUT2D eigenvalue weighted by Gasteiger charge is -2.21. The summed E-state index contributed by atoms with van der Waals surface area (Å²) in [6.07, 6.45) is 0.0598. The predicted molar refractivity (Wildman–Crippen MR) is 100 cm³/mol. The molecular formula is C20H20N4O3. The maximum Gasteiger partial charge on any atom is 0.275 e. The fraction of sp³-hybridized carbons (Fsp3) is 0.250. The molecule has 1 fully saturated rings. The van der Waals surface area contributed by atoms with Gasteiger partial charge in [0.2, 0.25) is 5.91 Å². The second kappa shape index (κ2) is 6.75. The molecule has 2 aromatic carbocycles. The maximum atomic E-state index is 13.2. The van der Waals surface area contributed by atoms with Gasteiger partial charge in [0.1, 0.15) is 17.9 Å². The molecular weight excluding hydrogens is 344 g/mol. The van der Waals surface area contributed by atoms with E-state index in [1.807, 2.05) is 54.6 Å². The van der Waals surface area contributed by atoms with E-state index in [9.17, 15) is 9.59 Å².